The quantitative estimate of drug-likeness (QED) is 0.165. The third kappa shape index (κ3) is 6.64. The lowest BCUT2D eigenvalue weighted by Crippen LogP contribution is -2.64. The van der Waals surface area contributed by atoms with E-state index in [0.29, 0.717) is 6.42 Å². The fraction of sp³-hybridized carbons (Fsp3) is 0.950. The summed E-state index contributed by atoms with van der Waals surface area (Å²) in [6, 6.07) is 0. The van der Waals surface area contributed by atoms with Crippen LogP contribution in [-0.2, 0) is 19.0 Å². The molecule has 0 saturated carbocycles. The molecule has 0 bridgehead atoms. The van der Waals surface area contributed by atoms with Gasteiger partial charge in [-0.05, 0) is 6.42 Å². The number of hydrogen-bond acceptors (Lipinski definition) is 11. The molecule has 2 heterocycles. The minimum absolute atomic E-state index is 0.127. The average Bonchev–Trinajstić information content (AvgIpc) is 2.76. The highest BCUT2D eigenvalue weighted by Gasteiger charge is 2.50. The van der Waals surface area contributed by atoms with Crippen LogP contribution in [0.3, 0.4) is 0 Å². The maximum absolute atomic E-state index is 12.2. The molecule has 11 nitrogen and oxygen atoms in total. The summed E-state index contributed by atoms with van der Waals surface area (Å²) in [5.74, 6) is -0.127. The molecule has 0 aromatic carbocycles. The Hall–Kier alpha value is -0.730. The molecule has 2 saturated heterocycles. The zero-order valence-corrected chi connectivity index (χ0v) is 17.7. The number of Topliss-reactive ketones (excluding diaryl/α,β-unsaturated/α-hetero) is 1. The Morgan fingerprint density at radius 3 is 2.03 bits per heavy atom. The highest BCUT2D eigenvalue weighted by atomic mass is 16.7. The van der Waals surface area contributed by atoms with E-state index in [0.717, 1.165) is 25.7 Å². The first-order valence-electron chi connectivity index (χ1n) is 10.8. The van der Waals surface area contributed by atoms with Gasteiger partial charge in [-0.2, -0.15) is 0 Å². The maximum Gasteiger partial charge on any atom is 0.187 e. The highest BCUT2D eigenvalue weighted by molar-refractivity contribution is 5.78. The molecule has 2 aliphatic heterocycles. The molecule has 2 rings (SSSR count). The zero-order chi connectivity index (χ0) is 23.1. The van der Waals surface area contributed by atoms with Crippen LogP contribution in [-0.4, -0.2) is 116 Å². The summed E-state index contributed by atoms with van der Waals surface area (Å²) in [6.45, 7) is 0.781. The number of aliphatic hydroxyl groups is 7. The number of carbonyl (C=O) groups excluding carboxylic acids is 1. The van der Waals surface area contributed by atoms with Gasteiger partial charge in [0.05, 0.1) is 19.3 Å². The van der Waals surface area contributed by atoms with Gasteiger partial charge >= 0.3 is 0 Å². The van der Waals surface area contributed by atoms with E-state index in [9.17, 15) is 40.5 Å². The molecule has 2 fully saturated rings. The molecule has 0 aromatic heterocycles. The van der Waals surface area contributed by atoms with Gasteiger partial charge in [-0.1, -0.05) is 26.2 Å². The fourth-order valence-corrected chi connectivity index (χ4v) is 3.91. The second kappa shape index (κ2) is 12.5. The number of hydrogen-bond donors (Lipinski definition) is 7. The molecule has 0 unspecified atom stereocenters. The van der Waals surface area contributed by atoms with Crippen molar-refractivity contribution < 1.29 is 54.8 Å². The van der Waals surface area contributed by atoms with Crippen molar-refractivity contribution in [3.63, 3.8) is 0 Å². The molecule has 182 valence electrons. The molecule has 0 spiro atoms. The van der Waals surface area contributed by atoms with Gasteiger partial charge in [-0.3, -0.25) is 4.79 Å². The predicted octanol–water partition coefficient (Wildman–Crippen LogP) is -2.42. The summed E-state index contributed by atoms with van der Waals surface area (Å²) in [6.07, 6.45) is -10.5. The van der Waals surface area contributed by atoms with E-state index >= 15 is 0 Å². The first kappa shape index (κ1) is 26.5. The second-order valence-electron chi connectivity index (χ2n) is 8.23. The predicted molar refractivity (Wildman–Crippen MR) is 105 cm³/mol. The van der Waals surface area contributed by atoms with E-state index in [-0.39, 0.29) is 12.2 Å². The number of unbranched alkanes of at least 4 members (excludes halogenated alkanes) is 3. The van der Waals surface area contributed by atoms with Crippen LogP contribution in [0.1, 0.15) is 45.4 Å². The van der Waals surface area contributed by atoms with E-state index in [1.165, 1.54) is 0 Å². The number of carbonyl (C=O) groups is 1. The molecule has 11 heteroatoms. The van der Waals surface area contributed by atoms with Crippen LogP contribution in [0.15, 0.2) is 0 Å². The molecular weight excluding hydrogens is 416 g/mol. The van der Waals surface area contributed by atoms with Crippen molar-refractivity contribution >= 4 is 5.78 Å². The molecule has 10 atom stereocenters. The van der Waals surface area contributed by atoms with Gasteiger partial charge in [0.15, 0.2) is 6.29 Å². The Morgan fingerprint density at radius 1 is 0.774 bits per heavy atom. The van der Waals surface area contributed by atoms with Crippen LogP contribution in [0.4, 0.5) is 0 Å². The lowest BCUT2D eigenvalue weighted by molar-refractivity contribution is -0.341. The smallest absolute Gasteiger partial charge is 0.187 e. The summed E-state index contributed by atoms with van der Waals surface area (Å²) in [4.78, 5) is 12.2. The SMILES string of the molecule is CCCCCCC(=O)C[C@@H]1O[C@H](CO)[C@@H](O[C@@H]2O[C@H](CO)[C@@H](O)[C@H](O)[C@H]2O)[C@H](O)[C@H]1O. The van der Waals surface area contributed by atoms with Gasteiger partial charge in [0.2, 0.25) is 0 Å². The van der Waals surface area contributed by atoms with Crippen molar-refractivity contribution in [1.29, 1.82) is 0 Å². The minimum Gasteiger partial charge on any atom is -0.394 e. The maximum atomic E-state index is 12.2. The second-order valence-corrected chi connectivity index (χ2v) is 8.23. The van der Waals surface area contributed by atoms with E-state index in [1.807, 2.05) is 0 Å². The third-order valence-electron chi connectivity index (χ3n) is 5.84. The van der Waals surface area contributed by atoms with Gasteiger partial charge in [0.25, 0.3) is 0 Å². The summed E-state index contributed by atoms with van der Waals surface area (Å²) in [5.41, 5.74) is 0. The zero-order valence-electron chi connectivity index (χ0n) is 17.7. The molecule has 0 aromatic rings. The van der Waals surface area contributed by atoms with Crippen molar-refractivity contribution in [2.75, 3.05) is 13.2 Å². The van der Waals surface area contributed by atoms with Gasteiger partial charge in [0.1, 0.15) is 54.6 Å². The lowest BCUT2D eigenvalue weighted by Gasteiger charge is -2.46. The van der Waals surface area contributed by atoms with E-state index in [2.05, 4.69) is 6.92 Å². The van der Waals surface area contributed by atoms with Crippen LogP contribution in [0.2, 0.25) is 0 Å². The van der Waals surface area contributed by atoms with Crippen LogP contribution < -0.4 is 0 Å². The topological polar surface area (TPSA) is 186 Å². The van der Waals surface area contributed by atoms with Gasteiger partial charge in [-0.15, -0.1) is 0 Å². The molecule has 31 heavy (non-hydrogen) atoms. The number of rotatable bonds is 11. The van der Waals surface area contributed by atoms with Crippen molar-refractivity contribution in [2.45, 2.75) is 107 Å². The molecule has 0 amide bonds. The lowest BCUT2D eigenvalue weighted by atomic mass is 9.91. The van der Waals surface area contributed by atoms with E-state index in [4.69, 9.17) is 14.2 Å². The normalized spacial score (nSPS) is 41.3. The first-order chi connectivity index (χ1) is 14.7. The Labute approximate surface area is 181 Å². The monoisotopic (exact) mass is 452 g/mol. The average molecular weight is 452 g/mol. The molecular formula is C20H36O11. The largest absolute Gasteiger partial charge is 0.394 e. The van der Waals surface area contributed by atoms with Crippen molar-refractivity contribution in [2.24, 2.45) is 0 Å². The molecule has 0 radical (unpaired) electrons. The fourth-order valence-electron chi connectivity index (χ4n) is 3.91. The third-order valence-corrected chi connectivity index (χ3v) is 5.84. The van der Waals surface area contributed by atoms with Crippen LogP contribution in [0.5, 0.6) is 0 Å². The van der Waals surface area contributed by atoms with Crippen LogP contribution in [0, 0.1) is 0 Å². The van der Waals surface area contributed by atoms with Crippen LogP contribution in [0.25, 0.3) is 0 Å². The summed E-state index contributed by atoms with van der Waals surface area (Å²) < 4.78 is 16.3. The molecule has 7 N–H and O–H groups in total. The van der Waals surface area contributed by atoms with Crippen molar-refractivity contribution in [3.05, 3.63) is 0 Å². The van der Waals surface area contributed by atoms with Crippen molar-refractivity contribution in [3.8, 4) is 0 Å². The summed E-state index contributed by atoms with van der Waals surface area (Å²) in [7, 11) is 0. The summed E-state index contributed by atoms with van der Waals surface area (Å²) in [5, 5.41) is 69.8. The van der Waals surface area contributed by atoms with Gasteiger partial charge in [-0.25, -0.2) is 0 Å². The number of ketones is 1. The van der Waals surface area contributed by atoms with Gasteiger partial charge < -0.3 is 50.0 Å². The van der Waals surface area contributed by atoms with Gasteiger partial charge in [0, 0.05) is 12.8 Å². The standard InChI is InChI=1S/C20H36O11/c1-2-3-4-5-6-10(23)7-11-14(24)17(27)19(13(9-22)29-11)31-20-18(28)16(26)15(25)12(8-21)30-20/h11-22,24-28H,2-9H2,1H3/t11-,12+,13+,14-,15+,16-,17+,18+,19+,20-/m0/s1. The number of aliphatic hydroxyl groups excluding tert-OH is 7. The van der Waals surface area contributed by atoms with Crippen LogP contribution >= 0.6 is 0 Å². The Morgan fingerprint density at radius 2 is 1.42 bits per heavy atom. The first-order valence-corrected chi connectivity index (χ1v) is 10.8. The molecule has 2 aliphatic rings. The Balaban J connectivity index is 1.99. The van der Waals surface area contributed by atoms with E-state index in [1.54, 1.807) is 0 Å². The summed E-state index contributed by atoms with van der Waals surface area (Å²) >= 11 is 0. The number of ether oxygens (including phenoxy) is 3. The molecule has 0 aliphatic carbocycles. The Kier molecular flexibility index (Phi) is 10.7. The highest BCUT2D eigenvalue weighted by Crippen LogP contribution is 2.30. The Bertz CT molecular complexity index is 543. The minimum atomic E-state index is -1.72. The van der Waals surface area contributed by atoms with Crippen molar-refractivity contribution in [1.82, 2.24) is 0 Å². The van der Waals surface area contributed by atoms with E-state index < -0.39 is 74.4 Å².